The second-order valence-electron chi connectivity index (χ2n) is 8.10. The number of benzene rings is 1. The maximum absolute atomic E-state index is 13.4. The predicted molar refractivity (Wildman–Crippen MR) is 135 cm³/mol. The SMILES string of the molecule is C=CCOC[C@H](O)CN(CC=C)CC(=O)N1CCc2sccc2[C@H]1COc1cccc(OC)c1. The van der Waals surface area contributed by atoms with E-state index in [0.717, 1.165) is 17.7 Å². The second kappa shape index (κ2) is 13.3. The van der Waals surface area contributed by atoms with Gasteiger partial charge in [-0.15, -0.1) is 24.5 Å². The van der Waals surface area contributed by atoms with Crippen LogP contribution >= 0.6 is 11.3 Å². The number of ether oxygens (including phenoxy) is 3. The van der Waals surface area contributed by atoms with Gasteiger partial charge in [-0.1, -0.05) is 18.2 Å². The van der Waals surface area contributed by atoms with Crippen LogP contribution in [-0.2, 0) is 16.0 Å². The molecule has 2 aromatic rings. The van der Waals surface area contributed by atoms with Crippen molar-refractivity contribution < 1.29 is 24.1 Å². The van der Waals surface area contributed by atoms with Crippen LogP contribution in [-0.4, -0.2) is 80.0 Å². The maximum Gasteiger partial charge on any atom is 0.237 e. The fourth-order valence-electron chi connectivity index (χ4n) is 4.05. The number of hydrogen-bond donors (Lipinski definition) is 1. The third-order valence-electron chi connectivity index (χ3n) is 5.63. The van der Waals surface area contributed by atoms with E-state index in [4.69, 9.17) is 14.2 Å². The first-order valence-corrected chi connectivity index (χ1v) is 12.3. The van der Waals surface area contributed by atoms with Crippen molar-refractivity contribution in [3.05, 3.63) is 71.5 Å². The van der Waals surface area contributed by atoms with Crippen LogP contribution in [0.5, 0.6) is 11.5 Å². The molecule has 1 amide bonds. The summed E-state index contributed by atoms with van der Waals surface area (Å²) in [6, 6.07) is 9.37. The molecule has 0 aliphatic carbocycles. The molecule has 1 aromatic carbocycles. The average molecular weight is 487 g/mol. The minimum absolute atomic E-state index is 0.00264. The standard InChI is InChI=1S/C26H34N2O5S/c1-4-11-27(16-20(29)18-32-13-5-2)17-26(30)28-12-9-25-23(10-14-34-25)24(28)19-33-22-8-6-7-21(15-22)31-3/h4-8,10,14-15,20,24,29H,1-2,9,11-13,16-19H2,3H3/t20-,24-/m1/s1. The Morgan fingerprint density at radius 3 is 2.91 bits per heavy atom. The molecule has 184 valence electrons. The lowest BCUT2D eigenvalue weighted by Crippen LogP contribution is -2.48. The zero-order valence-corrected chi connectivity index (χ0v) is 20.5. The molecule has 34 heavy (non-hydrogen) atoms. The summed E-state index contributed by atoms with van der Waals surface area (Å²) in [6.45, 7) is 9.94. The Kier molecular flexibility index (Phi) is 10.2. The molecule has 7 nitrogen and oxygen atoms in total. The Morgan fingerprint density at radius 1 is 1.32 bits per heavy atom. The van der Waals surface area contributed by atoms with Crippen molar-refractivity contribution in [2.24, 2.45) is 0 Å². The zero-order chi connectivity index (χ0) is 24.3. The quantitative estimate of drug-likeness (QED) is 0.326. The molecule has 1 aliphatic heterocycles. The zero-order valence-electron chi connectivity index (χ0n) is 19.7. The summed E-state index contributed by atoms with van der Waals surface area (Å²) in [7, 11) is 1.62. The van der Waals surface area contributed by atoms with Gasteiger partial charge in [0.1, 0.15) is 18.1 Å². The summed E-state index contributed by atoms with van der Waals surface area (Å²) < 4.78 is 16.7. The van der Waals surface area contributed by atoms with Crippen molar-refractivity contribution in [3.63, 3.8) is 0 Å². The summed E-state index contributed by atoms with van der Waals surface area (Å²) in [5.41, 5.74) is 1.14. The number of nitrogens with zero attached hydrogens (tertiary/aromatic N) is 2. The molecule has 0 unspecified atom stereocenters. The van der Waals surface area contributed by atoms with Gasteiger partial charge in [-0.2, -0.15) is 0 Å². The molecule has 0 fully saturated rings. The number of rotatable bonds is 14. The molecule has 0 spiro atoms. The van der Waals surface area contributed by atoms with Gasteiger partial charge in [-0.3, -0.25) is 9.69 Å². The summed E-state index contributed by atoms with van der Waals surface area (Å²) in [6.07, 6.45) is 3.50. The number of carbonyl (C=O) groups is 1. The molecule has 3 rings (SSSR count). The Bertz CT molecular complexity index is 947. The summed E-state index contributed by atoms with van der Waals surface area (Å²) in [5, 5.41) is 12.4. The van der Waals surface area contributed by atoms with E-state index in [1.807, 2.05) is 34.1 Å². The van der Waals surface area contributed by atoms with Gasteiger partial charge in [0, 0.05) is 30.6 Å². The molecule has 2 heterocycles. The Morgan fingerprint density at radius 2 is 2.15 bits per heavy atom. The Hall–Kier alpha value is -2.65. The highest BCUT2D eigenvalue weighted by molar-refractivity contribution is 7.10. The first-order chi connectivity index (χ1) is 16.5. The Labute approximate surface area is 205 Å². The van der Waals surface area contributed by atoms with E-state index in [1.165, 1.54) is 4.88 Å². The Balaban J connectivity index is 1.68. The maximum atomic E-state index is 13.4. The van der Waals surface area contributed by atoms with Gasteiger partial charge in [0.2, 0.25) is 5.91 Å². The van der Waals surface area contributed by atoms with Crippen LogP contribution in [0.25, 0.3) is 0 Å². The smallest absolute Gasteiger partial charge is 0.237 e. The van der Waals surface area contributed by atoms with Crippen molar-refractivity contribution in [1.82, 2.24) is 9.80 Å². The monoisotopic (exact) mass is 486 g/mol. The summed E-state index contributed by atoms with van der Waals surface area (Å²) in [5.74, 6) is 1.42. The van der Waals surface area contributed by atoms with Crippen molar-refractivity contribution in [3.8, 4) is 11.5 Å². The highest BCUT2D eigenvalue weighted by Crippen LogP contribution is 2.34. The number of aliphatic hydroxyl groups excluding tert-OH is 1. The molecular weight excluding hydrogens is 452 g/mol. The fourth-order valence-corrected chi connectivity index (χ4v) is 4.98. The predicted octanol–water partition coefficient (Wildman–Crippen LogP) is 3.31. The van der Waals surface area contributed by atoms with Gasteiger partial charge >= 0.3 is 0 Å². The number of fused-ring (bicyclic) bond motifs is 1. The van der Waals surface area contributed by atoms with E-state index in [1.54, 1.807) is 30.6 Å². The van der Waals surface area contributed by atoms with Gasteiger partial charge in [0.05, 0.1) is 39.0 Å². The van der Waals surface area contributed by atoms with Gasteiger partial charge in [0.25, 0.3) is 0 Å². The van der Waals surface area contributed by atoms with Crippen LogP contribution in [0.15, 0.2) is 61.0 Å². The van der Waals surface area contributed by atoms with Crippen molar-refractivity contribution in [1.29, 1.82) is 0 Å². The van der Waals surface area contributed by atoms with Crippen molar-refractivity contribution in [2.45, 2.75) is 18.6 Å². The van der Waals surface area contributed by atoms with Crippen molar-refractivity contribution in [2.75, 3.05) is 53.1 Å². The number of hydrogen-bond acceptors (Lipinski definition) is 7. The van der Waals surface area contributed by atoms with Crippen molar-refractivity contribution >= 4 is 17.2 Å². The number of methoxy groups -OCH3 is 1. The van der Waals surface area contributed by atoms with E-state index in [2.05, 4.69) is 24.6 Å². The minimum atomic E-state index is -0.704. The third kappa shape index (κ3) is 7.17. The first-order valence-electron chi connectivity index (χ1n) is 11.4. The molecule has 0 saturated heterocycles. The molecular formula is C26H34N2O5S. The van der Waals surface area contributed by atoms with Crippen LogP contribution in [0.3, 0.4) is 0 Å². The number of carbonyl (C=O) groups excluding carboxylic acids is 1. The molecule has 1 N–H and O–H groups in total. The lowest BCUT2D eigenvalue weighted by molar-refractivity contribution is -0.136. The van der Waals surface area contributed by atoms with E-state index in [-0.39, 0.29) is 25.1 Å². The highest BCUT2D eigenvalue weighted by atomic mass is 32.1. The summed E-state index contributed by atoms with van der Waals surface area (Å²) in [4.78, 5) is 18.5. The number of amides is 1. The first kappa shape index (κ1) is 26.0. The lowest BCUT2D eigenvalue weighted by Gasteiger charge is -2.37. The molecule has 8 heteroatoms. The van der Waals surface area contributed by atoms with Gasteiger partial charge in [-0.05, 0) is 35.6 Å². The van der Waals surface area contributed by atoms with E-state index >= 15 is 0 Å². The van der Waals surface area contributed by atoms with Crippen LogP contribution in [0.1, 0.15) is 16.5 Å². The topological polar surface area (TPSA) is 71.5 Å². The van der Waals surface area contributed by atoms with Crippen LogP contribution in [0.4, 0.5) is 0 Å². The van der Waals surface area contributed by atoms with E-state index in [9.17, 15) is 9.90 Å². The van der Waals surface area contributed by atoms with E-state index < -0.39 is 6.10 Å². The van der Waals surface area contributed by atoms with Crippen LogP contribution in [0, 0.1) is 0 Å². The fraction of sp³-hybridized carbons (Fsp3) is 0.423. The lowest BCUT2D eigenvalue weighted by atomic mass is 10.0. The molecule has 2 atom stereocenters. The molecule has 0 bridgehead atoms. The summed E-state index contributed by atoms with van der Waals surface area (Å²) >= 11 is 1.72. The third-order valence-corrected chi connectivity index (χ3v) is 6.62. The molecule has 1 aromatic heterocycles. The highest BCUT2D eigenvalue weighted by Gasteiger charge is 2.33. The van der Waals surface area contributed by atoms with Gasteiger partial charge < -0.3 is 24.2 Å². The number of aliphatic hydroxyl groups is 1. The van der Waals surface area contributed by atoms with E-state index in [0.29, 0.717) is 38.6 Å². The largest absolute Gasteiger partial charge is 0.497 e. The molecule has 0 saturated carbocycles. The van der Waals surface area contributed by atoms with Crippen LogP contribution < -0.4 is 9.47 Å². The average Bonchev–Trinajstić information content (AvgIpc) is 3.32. The number of thiophene rings is 1. The van der Waals surface area contributed by atoms with Gasteiger partial charge in [0.15, 0.2) is 0 Å². The molecule has 0 radical (unpaired) electrons. The minimum Gasteiger partial charge on any atom is -0.497 e. The van der Waals surface area contributed by atoms with Gasteiger partial charge in [-0.25, -0.2) is 0 Å². The second-order valence-corrected chi connectivity index (χ2v) is 9.11. The van der Waals surface area contributed by atoms with Crippen LogP contribution in [0.2, 0.25) is 0 Å². The normalized spacial score (nSPS) is 16.1. The molecule has 1 aliphatic rings.